The van der Waals surface area contributed by atoms with Crippen LogP contribution in [0.1, 0.15) is 30.0 Å². The zero-order valence-electron chi connectivity index (χ0n) is 16.3. The number of nitrogens with one attached hydrogen (secondary N) is 1. The molecule has 2 atom stereocenters. The lowest BCUT2D eigenvalue weighted by atomic mass is 10.0. The summed E-state index contributed by atoms with van der Waals surface area (Å²) in [7, 11) is 0. The number of anilines is 1. The number of thiazole rings is 1. The lowest BCUT2D eigenvalue weighted by molar-refractivity contribution is -0.122. The third kappa shape index (κ3) is 4.37. The zero-order valence-corrected chi connectivity index (χ0v) is 17.2. The number of nitrogens with zero attached hydrogens (tertiary/aromatic N) is 3. The van der Waals surface area contributed by atoms with Gasteiger partial charge < -0.3 is 15.0 Å². The Morgan fingerprint density at radius 1 is 1.36 bits per heavy atom. The van der Waals surface area contributed by atoms with E-state index in [1.807, 2.05) is 5.38 Å². The Bertz CT molecular complexity index is 776. The van der Waals surface area contributed by atoms with Gasteiger partial charge in [-0.05, 0) is 25.3 Å². The van der Waals surface area contributed by atoms with Crippen molar-refractivity contribution in [2.24, 2.45) is 0 Å². The largest absolute Gasteiger partial charge is 0.379 e. The molecule has 2 saturated heterocycles. The van der Waals surface area contributed by atoms with Crippen molar-refractivity contribution in [3.63, 3.8) is 0 Å². The van der Waals surface area contributed by atoms with Crippen LogP contribution in [0, 0.1) is 6.92 Å². The van der Waals surface area contributed by atoms with Gasteiger partial charge in [0.1, 0.15) is 6.04 Å². The van der Waals surface area contributed by atoms with Crippen molar-refractivity contribution in [3.8, 4) is 0 Å². The minimum absolute atomic E-state index is 0.110. The average molecular weight is 401 g/mol. The van der Waals surface area contributed by atoms with Crippen LogP contribution in [0.15, 0.2) is 35.8 Å². The monoisotopic (exact) mass is 400 g/mol. The molecule has 4 rings (SSSR count). The van der Waals surface area contributed by atoms with Crippen molar-refractivity contribution in [1.82, 2.24) is 15.2 Å². The summed E-state index contributed by atoms with van der Waals surface area (Å²) in [5.41, 5.74) is 2.50. The molecular weight excluding hydrogens is 372 g/mol. The van der Waals surface area contributed by atoms with E-state index >= 15 is 0 Å². The number of rotatable bonds is 6. The Morgan fingerprint density at radius 3 is 2.96 bits per heavy atom. The van der Waals surface area contributed by atoms with Crippen LogP contribution in [0.4, 0.5) is 5.13 Å². The molecule has 1 N–H and O–H groups in total. The molecule has 2 aliphatic rings. The van der Waals surface area contributed by atoms with Crippen LogP contribution >= 0.6 is 11.3 Å². The van der Waals surface area contributed by atoms with Gasteiger partial charge in [-0.15, -0.1) is 11.3 Å². The van der Waals surface area contributed by atoms with Crippen molar-refractivity contribution < 1.29 is 9.53 Å². The van der Waals surface area contributed by atoms with Crippen LogP contribution in [-0.2, 0) is 9.53 Å². The SMILES string of the molecule is Cc1cccc(C(CNC(=O)C2CCCN2c2nccs2)N2CCOCC2)c1. The Hall–Kier alpha value is -1.96. The normalized spacial score (nSPS) is 21.6. The molecule has 2 unspecified atom stereocenters. The summed E-state index contributed by atoms with van der Waals surface area (Å²) >= 11 is 1.60. The molecule has 6 nitrogen and oxygen atoms in total. The number of carbonyl (C=O) groups is 1. The maximum absolute atomic E-state index is 13.0. The second kappa shape index (κ2) is 9.03. The molecular formula is C21H28N4O2S. The zero-order chi connectivity index (χ0) is 19.3. The van der Waals surface area contributed by atoms with Crippen molar-refractivity contribution in [1.29, 1.82) is 0 Å². The summed E-state index contributed by atoms with van der Waals surface area (Å²) in [5.74, 6) is 0.110. The van der Waals surface area contributed by atoms with Crippen molar-refractivity contribution in [2.45, 2.75) is 31.8 Å². The van der Waals surface area contributed by atoms with Crippen LogP contribution in [0.5, 0.6) is 0 Å². The molecule has 150 valence electrons. The number of morpholine rings is 1. The molecule has 0 aliphatic carbocycles. The van der Waals surface area contributed by atoms with Crippen molar-refractivity contribution in [3.05, 3.63) is 47.0 Å². The third-order valence-electron chi connectivity index (χ3n) is 5.60. The van der Waals surface area contributed by atoms with Gasteiger partial charge in [0, 0.05) is 37.8 Å². The molecule has 0 radical (unpaired) electrons. The second-order valence-corrected chi connectivity index (χ2v) is 8.36. The van der Waals surface area contributed by atoms with Gasteiger partial charge in [-0.2, -0.15) is 0 Å². The van der Waals surface area contributed by atoms with Gasteiger partial charge in [0.15, 0.2) is 5.13 Å². The first-order valence-corrected chi connectivity index (χ1v) is 10.9. The van der Waals surface area contributed by atoms with Gasteiger partial charge in [0.25, 0.3) is 0 Å². The fraction of sp³-hybridized carbons (Fsp3) is 0.524. The highest BCUT2D eigenvalue weighted by Gasteiger charge is 2.33. The summed E-state index contributed by atoms with van der Waals surface area (Å²) in [6.45, 7) is 6.91. The number of hydrogen-bond donors (Lipinski definition) is 1. The van der Waals surface area contributed by atoms with Crippen molar-refractivity contribution >= 4 is 22.4 Å². The van der Waals surface area contributed by atoms with E-state index in [2.05, 4.69) is 51.3 Å². The van der Waals surface area contributed by atoms with E-state index in [4.69, 9.17) is 4.74 Å². The van der Waals surface area contributed by atoms with Crippen LogP contribution < -0.4 is 10.2 Å². The molecule has 0 saturated carbocycles. The fourth-order valence-corrected chi connectivity index (χ4v) is 4.88. The van der Waals surface area contributed by atoms with Gasteiger partial charge in [-0.25, -0.2) is 4.98 Å². The highest BCUT2D eigenvalue weighted by molar-refractivity contribution is 7.13. The molecule has 2 aromatic rings. The van der Waals surface area contributed by atoms with Gasteiger partial charge in [0.2, 0.25) is 5.91 Å². The van der Waals surface area contributed by atoms with Gasteiger partial charge in [-0.3, -0.25) is 9.69 Å². The summed E-state index contributed by atoms with van der Waals surface area (Å²) in [5, 5.41) is 6.16. The summed E-state index contributed by atoms with van der Waals surface area (Å²) in [6.07, 6.45) is 3.72. The third-order valence-corrected chi connectivity index (χ3v) is 6.41. The molecule has 0 spiro atoms. The molecule has 3 heterocycles. The predicted molar refractivity (Wildman–Crippen MR) is 112 cm³/mol. The highest BCUT2D eigenvalue weighted by atomic mass is 32.1. The molecule has 7 heteroatoms. The van der Waals surface area contributed by atoms with E-state index in [1.54, 1.807) is 17.5 Å². The maximum atomic E-state index is 13.0. The first-order valence-electron chi connectivity index (χ1n) is 10.0. The molecule has 0 bridgehead atoms. The Balaban J connectivity index is 1.45. The van der Waals surface area contributed by atoms with Crippen LogP contribution in [0.2, 0.25) is 0 Å². The summed E-state index contributed by atoms with van der Waals surface area (Å²) in [6, 6.07) is 8.65. The number of aromatic nitrogens is 1. The topological polar surface area (TPSA) is 57.7 Å². The first kappa shape index (κ1) is 19.4. The summed E-state index contributed by atoms with van der Waals surface area (Å²) < 4.78 is 5.53. The molecule has 1 amide bonds. The smallest absolute Gasteiger partial charge is 0.242 e. The van der Waals surface area contributed by atoms with E-state index in [9.17, 15) is 4.79 Å². The predicted octanol–water partition coefficient (Wildman–Crippen LogP) is 2.61. The van der Waals surface area contributed by atoms with E-state index in [0.717, 1.165) is 50.8 Å². The molecule has 28 heavy (non-hydrogen) atoms. The number of carbonyl (C=O) groups excluding carboxylic acids is 1. The van der Waals surface area contributed by atoms with Crippen LogP contribution in [-0.4, -0.2) is 61.2 Å². The molecule has 2 fully saturated rings. The van der Waals surface area contributed by atoms with Crippen molar-refractivity contribution in [2.75, 3.05) is 44.3 Å². The number of benzene rings is 1. The molecule has 2 aliphatic heterocycles. The Labute approximate surface area is 170 Å². The van der Waals surface area contributed by atoms with Gasteiger partial charge in [-0.1, -0.05) is 29.8 Å². The van der Waals surface area contributed by atoms with Crippen LogP contribution in [0.3, 0.4) is 0 Å². The maximum Gasteiger partial charge on any atom is 0.242 e. The number of hydrogen-bond acceptors (Lipinski definition) is 6. The lowest BCUT2D eigenvalue weighted by Gasteiger charge is -2.35. The molecule has 1 aromatic carbocycles. The number of ether oxygens (including phenoxy) is 1. The van der Waals surface area contributed by atoms with E-state index in [1.165, 1.54) is 11.1 Å². The standard InChI is InChI=1S/C21H28N4O2S/c1-16-4-2-5-17(14-16)19(24-9-11-27-12-10-24)15-23-20(26)18-6-3-8-25(18)21-22-7-13-28-21/h2,4-5,7,13-14,18-19H,3,6,8-12,15H2,1H3,(H,23,26). The van der Waals surface area contributed by atoms with Gasteiger partial charge in [0.05, 0.1) is 19.3 Å². The van der Waals surface area contributed by atoms with E-state index in [-0.39, 0.29) is 18.0 Å². The number of aryl methyl sites for hydroxylation is 1. The second-order valence-electron chi connectivity index (χ2n) is 7.49. The Morgan fingerprint density at radius 2 is 2.21 bits per heavy atom. The van der Waals surface area contributed by atoms with Gasteiger partial charge >= 0.3 is 0 Å². The lowest BCUT2D eigenvalue weighted by Crippen LogP contribution is -2.48. The fourth-order valence-electron chi connectivity index (χ4n) is 4.17. The highest BCUT2D eigenvalue weighted by Crippen LogP contribution is 2.28. The minimum Gasteiger partial charge on any atom is -0.379 e. The summed E-state index contributed by atoms with van der Waals surface area (Å²) in [4.78, 5) is 22.0. The Kier molecular flexibility index (Phi) is 6.24. The first-order chi connectivity index (χ1) is 13.7. The number of amides is 1. The average Bonchev–Trinajstić information content (AvgIpc) is 3.40. The van der Waals surface area contributed by atoms with E-state index in [0.29, 0.717) is 6.54 Å². The van der Waals surface area contributed by atoms with Crippen LogP contribution in [0.25, 0.3) is 0 Å². The van der Waals surface area contributed by atoms with E-state index < -0.39 is 0 Å². The molecule has 1 aromatic heterocycles. The minimum atomic E-state index is -0.117. The quantitative estimate of drug-likeness (QED) is 0.808.